The van der Waals surface area contributed by atoms with E-state index < -0.39 is 31.3 Å². The molecular weight excluding hydrogens is 572 g/mol. The Kier molecular flexibility index (Phi) is 10.1. The first-order valence-corrected chi connectivity index (χ1v) is 14.6. The van der Waals surface area contributed by atoms with Gasteiger partial charge in [0.25, 0.3) is 5.56 Å². The second kappa shape index (κ2) is 13.7. The number of H-pyrrole nitrogens is 1. The van der Waals surface area contributed by atoms with Gasteiger partial charge < -0.3 is 33.6 Å². The minimum absolute atomic E-state index is 0.0208. The third kappa shape index (κ3) is 8.01. The van der Waals surface area contributed by atoms with Gasteiger partial charge in [0.15, 0.2) is 11.2 Å². The quantitative estimate of drug-likeness (QED) is 0.0928. The van der Waals surface area contributed by atoms with Crippen LogP contribution in [0.5, 0.6) is 11.5 Å². The van der Waals surface area contributed by atoms with E-state index in [1.165, 1.54) is 19.5 Å². The van der Waals surface area contributed by atoms with E-state index in [9.17, 15) is 18.5 Å². The number of carbonyl (C=O) groups excluding carboxylic acids is 1. The van der Waals surface area contributed by atoms with E-state index in [-0.39, 0.29) is 55.6 Å². The number of aryl methyl sites for hydroxylation is 2. The minimum Gasteiger partial charge on any atom is -0.496 e. The average molecular weight is 604 g/mol. The highest BCUT2D eigenvalue weighted by molar-refractivity contribution is 7.53. The number of nitrogen functional groups attached to an aromatic ring is 1. The molecule has 0 amide bonds. The third-order valence-corrected chi connectivity index (χ3v) is 7.69. The predicted molar refractivity (Wildman–Crippen MR) is 151 cm³/mol. The molecule has 0 saturated heterocycles. The fourth-order valence-corrected chi connectivity index (χ4v) is 5.09. The molecule has 1 unspecified atom stereocenters. The lowest BCUT2D eigenvalue weighted by atomic mass is 10.1. The van der Waals surface area contributed by atoms with Crippen molar-refractivity contribution in [3.8, 4) is 11.5 Å². The normalized spacial score (nSPS) is 12.8. The Bertz CT molecular complexity index is 1670. The monoisotopic (exact) mass is 603 g/mol. The molecule has 224 valence electrons. The van der Waals surface area contributed by atoms with Gasteiger partial charge in [-0.3, -0.25) is 19.1 Å². The summed E-state index contributed by atoms with van der Waals surface area (Å²) < 4.78 is 56.3. The summed E-state index contributed by atoms with van der Waals surface area (Å²) in [6, 6.07) is 9.46. The molecule has 0 spiro atoms. The number of nitrogens with one attached hydrogen (secondary N) is 1. The van der Waals surface area contributed by atoms with E-state index in [4.69, 9.17) is 29.0 Å². The van der Waals surface area contributed by atoms with E-state index >= 15 is 0 Å². The van der Waals surface area contributed by atoms with Gasteiger partial charge in [0, 0.05) is 12.6 Å². The van der Waals surface area contributed by atoms with Gasteiger partial charge >= 0.3 is 13.6 Å². The summed E-state index contributed by atoms with van der Waals surface area (Å²) in [5.41, 5.74) is 7.30. The highest BCUT2D eigenvalue weighted by Gasteiger charge is 2.26. The maximum absolute atomic E-state index is 14.0. The molecule has 0 aliphatic carbocycles. The van der Waals surface area contributed by atoms with Crippen LogP contribution in [0.25, 0.3) is 11.2 Å². The number of imidazole rings is 1. The number of rotatable bonds is 14. The zero-order chi connectivity index (χ0) is 30.3. The average Bonchev–Trinajstić information content (AvgIpc) is 3.36. The van der Waals surface area contributed by atoms with Crippen molar-refractivity contribution < 1.29 is 37.0 Å². The fourth-order valence-electron chi connectivity index (χ4n) is 3.80. The van der Waals surface area contributed by atoms with Gasteiger partial charge in [0.05, 0.1) is 39.7 Å². The molecule has 2 aromatic heterocycles. The lowest BCUT2D eigenvalue weighted by Crippen LogP contribution is -2.14. The largest absolute Gasteiger partial charge is 0.496 e. The third-order valence-electron chi connectivity index (χ3n) is 6.09. The predicted octanol–water partition coefficient (Wildman–Crippen LogP) is 3.86. The van der Waals surface area contributed by atoms with Gasteiger partial charge in [-0.1, -0.05) is 18.2 Å². The zero-order valence-electron chi connectivity index (χ0n) is 23.3. The van der Waals surface area contributed by atoms with Crippen LogP contribution in [0.1, 0.15) is 23.1 Å². The molecule has 0 saturated carbocycles. The number of anilines is 1. The Morgan fingerprint density at radius 2 is 1.90 bits per heavy atom. The van der Waals surface area contributed by atoms with Crippen LogP contribution in [-0.2, 0) is 36.3 Å². The van der Waals surface area contributed by atoms with Gasteiger partial charge in [-0.25, -0.2) is 9.37 Å². The number of benzene rings is 2. The highest BCUT2D eigenvalue weighted by Crippen LogP contribution is 2.49. The number of ether oxygens (including phenoxy) is 3. The fraction of sp³-hybridized carbons (Fsp3) is 0.333. The molecule has 0 fully saturated rings. The number of esters is 1. The van der Waals surface area contributed by atoms with E-state index in [1.54, 1.807) is 41.8 Å². The number of halogens is 1. The Hall–Kier alpha value is -4.10. The number of aromatic amines is 1. The number of nitrogens with zero attached hydrogens (tertiary/aromatic N) is 3. The smallest absolute Gasteiger partial charge is 0.356 e. The van der Waals surface area contributed by atoms with Crippen molar-refractivity contribution in [3.63, 3.8) is 0 Å². The van der Waals surface area contributed by atoms with Crippen LogP contribution in [-0.4, -0.2) is 52.2 Å². The van der Waals surface area contributed by atoms with E-state index in [0.29, 0.717) is 16.9 Å². The number of hydrogen-bond acceptors (Lipinski definition) is 11. The molecule has 15 heteroatoms. The van der Waals surface area contributed by atoms with Crippen molar-refractivity contribution in [2.45, 2.75) is 33.4 Å². The minimum atomic E-state index is -3.93. The van der Waals surface area contributed by atoms with E-state index in [1.807, 2.05) is 6.92 Å². The van der Waals surface area contributed by atoms with Gasteiger partial charge in [0.2, 0.25) is 5.95 Å². The van der Waals surface area contributed by atoms with Crippen LogP contribution >= 0.6 is 7.60 Å². The van der Waals surface area contributed by atoms with Crippen LogP contribution in [0.15, 0.2) is 47.5 Å². The SMILES string of the molecule is COc1cc(OC(=O)CCOP(=O)(COCCn2cnc3c(=O)[nH]c(N)nc32)OCc2ccc(C)c(F)c2)ccc1C. The summed E-state index contributed by atoms with van der Waals surface area (Å²) in [4.78, 5) is 34.8. The van der Waals surface area contributed by atoms with E-state index in [0.717, 1.165) is 5.56 Å². The molecule has 4 aromatic rings. The Balaban J connectivity index is 1.36. The first kappa shape index (κ1) is 30.8. The Morgan fingerprint density at radius 1 is 1.12 bits per heavy atom. The number of fused-ring (bicyclic) bond motifs is 1. The molecule has 2 heterocycles. The Labute approximate surface area is 240 Å². The van der Waals surface area contributed by atoms with Crippen molar-refractivity contribution in [1.82, 2.24) is 19.5 Å². The van der Waals surface area contributed by atoms with Crippen LogP contribution in [0.2, 0.25) is 0 Å². The zero-order valence-corrected chi connectivity index (χ0v) is 24.2. The van der Waals surface area contributed by atoms with Crippen LogP contribution in [0, 0.1) is 19.7 Å². The molecule has 0 bridgehead atoms. The molecule has 13 nitrogen and oxygen atoms in total. The van der Waals surface area contributed by atoms with Crippen molar-refractivity contribution in [2.24, 2.45) is 0 Å². The second-order valence-electron chi connectivity index (χ2n) is 9.26. The van der Waals surface area contributed by atoms with Crippen molar-refractivity contribution in [2.75, 3.05) is 32.4 Å². The van der Waals surface area contributed by atoms with Crippen LogP contribution in [0.3, 0.4) is 0 Å². The standard InChI is InChI=1S/C27H31FN5O8P/c1-17-4-6-19(12-21(17)28)14-40-42(36,39-10-8-23(34)41-20-7-5-18(2)22(13-20)37-3)16-38-11-9-33-15-30-24-25(33)31-27(29)32-26(24)35/h4-7,12-13,15H,8-11,14,16H2,1-3H3,(H3,29,31,32,35). The van der Waals surface area contributed by atoms with Crippen molar-refractivity contribution in [3.05, 3.63) is 75.6 Å². The molecule has 4 rings (SSSR count). The molecular formula is C27H31FN5O8P. The first-order chi connectivity index (χ1) is 20.1. The molecule has 0 aliphatic heterocycles. The van der Waals surface area contributed by atoms with Crippen LogP contribution < -0.4 is 20.8 Å². The first-order valence-electron chi connectivity index (χ1n) is 12.8. The maximum Gasteiger partial charge on any atom is 0.356 e. The second-order valence-corrected chi connectivity index (χ2v) is 11.3. The van der Waals surface area contributed by atoms with Gasteiger partial charge in [0.1, 0.15) is 23.7 Å². The van der Waals surface area contributed by atoms with Gasteiger partial charge in [-0.05, 0) is 42.7 Å². The summed E-state index contributed by atoms with van der Waals surface area (Å²) in [6.45, 7) is 3.19. The summed E-state index contributed by atoms with van der Waals surface area (Å²) in [6.07, 6.45) is 0.711. The maximum atomic E-state index is 14.0. The number of hydrogen-bond donors (Lipinski definition) is 2. The Morgan fingerprint density at radius 3 is 2.67 bits per heavy atom. The summed E-state index contributed by atoms with van der Waals surface area (Å²) in [5.74, 6) is -0.262. The molecule has 3 N–H and O–H groups in total. The topological polar surface area (TPSA) is 170 Å². The molecule has 0 aliphatic rings. The lowest BCUT2D eigenvalue weighted by molar-refractivity contribution is -0.134. The van der Waals surface area contributed by atoms with Gasteiger partial charge in [-0.15, -0.1) is 0 Å². The number of aromatic nitrogens is 4. The molecule has 42 heavy (non-hydrogen) atoms. The summed E-state index contributed by atoms with van der Waals surface area (Å²) >= 11 is 0. The summed E-state index contributed by atoms with van der Waals surface area (Å²) in [5, 5.41) is 0. The number of nitrogens with two attached hydrogens (primary N) is 1. The van der Waals surface area contributed by atoms with Crippen molar-refractivity contribution >= 4 is 30.7 Å². The van der Waals surface area contributed by atoms with E-state index in [2.05, 4.69) is 15.0 Å². The lowest BCUT2D eigenvalue weighted by Gasteiger charge is -2.19. The van der Waals surface area contributed by atoms with Crippen molar-refractivity contribution in [1.29, 1.82) is 0 Å². The molecule has 1 atom stereocenters. The highest BCUT2D eigenvalue weighted by atomic mass is 31.2. The molecule has 2 aromatic carbocycles. The van der Waals surface area contributed by atoms with Crippen LogP contribution in [0.4, 0.5) is 10.3 Å². The number of carbonyl (C=O) groups is 1. The molecule has 0 radical (unpaired) electrons. The van der Waals surface area contributed by atoms with Gasteiger partial charge in [-0.2, -0.15) is 4.98 Å². The summed E-state index contributed by atoms with van der Waals surface area (Å²) in [7, 11) is -2.42. The number of methoxy groups -OCH3 is 1.